The van der Waals surface area contributed by atoms with Gasteiger partial charge in [0, 0.05) is 38.1 Å². The number of rotatable bonds is 7. The second-order valence-corrected chi connectivity index (χ2v) is 14.2. The standard InChI is InChI=1S/C51H35NS/c1-3-14-43-36(10-1)12-7-17-45(43)38-24-22-35(23-25-38)34-52(41-30-26-39(27-31-41)46-18-8-13-37-11-2-4-15-44(37)46)42-32-28-40(29-33-42)47-19-9-20-49-48-16-5-6-21-50(48)53-51(47)49/h1-33H,34H2/i22D,23D,24D,26D,27D,30D,31D. The summed E-state index contributed by atoms with van der Waals surface area (Å²) in [5.74, 6) is 0. The highest BCUT2D eigenvalue weighted by Crippen LogP contribution is 2.41. The Balaban J connectivity index is 1.14. The zero-order chi connectivity index (χ0) is 41.2. The molecular weight excluding hydrogens is 659 g/mol. The van der Waals surface area contributed by atoms with Gasteiger partial charge >= 0.3 is 0 Å². The van der Waals surface area contributed by atoms with Crippen LogP contribution in [0, 0.1) is 0 Å². The molecular formula is C51H35NS. The molecule has 0 spiro atoms. The van der Waals surface area contributed by atoms with Crippen molar-refractivity contribution in [1.82, 2.24) is 0 Å². The quantitative estimate of drug-likeness (QED) is 0.160. The normalized spacial score (nSPS) is 13.3. The SMILES string of the molecule is [2H]c1cc(-c2cccc3ccccc23)c([2H])c([2H])c1CN(c1ccc(-c2cccc3c2sc2ccccc23)cc1)c1c([2H])c([2H])c(-c2cccc3ccccc23)c([2H])c1[2H]. The third kappa shape index (κ3) is 5.74. The predicted octanol–water partition coefficient (Wildman–Crippen LogP) is 14.7. The lowest BCUT2D eigenvalue weighted by Gasteiger charge is -2.26. The lowest BCUT2D eigenvalue weighted by atomic mass is 9.97. The molecule has 0 saturated heterocycles. The first kappa shape index (κ1) is 24.7. The maximum absolute atomic E-state index is 9.51. The Labute approximate surface area is 323 Å². The van der Waals surface area contributed by atoms with Gasteiger partial charge in [-0.2, -0.15) is 0 Å². The van der Waals surface area contributed by atoms with Gasteiger partial charge in [-0.05, 0) is 90.8 Å². The second kappa shape index (κ2) is 13.2. The highest BCUT2D eigenvalue weighted by Gasteiger charge is 2.15. The monoisotopic (exact) mass is 700 g/mol. The van der Waals surface area contributed by atoms with Crippen molar-refractivity contribution in [2.24, 2.45) is 0 Å². The fourth-order valence-corrected chi connectivity index (χ4v) is 8.57. The number of benzene rings is 9. The van der Waals surface area contributed by atoms with Gasteiger partial charge in [0.05, 0.1) is 9.60 Å². The zero-order valence-corrected chi connectivity index (χ0v) is 29.4. The van der Waals surface area contributed by atoms with Crippen molar-refractivity contribution in [2.45, 2.75) is 6.54 Å². The number of anilines is 2. The third-order valence-corrected chi connectivity index (χ3v) is 11.2. The summed E-state index contributed by atoms with van der Waals surface area (Å²) in [4.78, 5) is 1.67. The lowest BCUT2D eigenvalue weighted by Crippen LogP contribution is -2.16. The van der Waals surface area contributed by atoms with Gasteiger partial charge in [0.2, 0.25) is 0 Å². The van der Waals surface area contributed by atoms with Crippen molar-refractivity contribution in [3.63, 3.8) is 0 Å². The zero-order valence-electron chi connectivity index (χ0n) is 35.6. The van der Waals surface area contributed by atoms with E-state index in [2.05, 4.69) is 36.4 Å². The highest BCUT2D eigenvalue weighted by atomic mass is 32.1. The molecule has 0 fully saturated rings. The fraction of sp³-hybridized carbons (Fsp3) is 0.0196. The summed E-state index contributed by atoms with van der Waals surface area (Å²) in [6.45, 7) is -0.144. The highest BCUT2D eigenvalue weighted by molar-refractivity contribution is 7.26. The van der Waals surface area contributed by atoms with Gasteiger partial charge in [-0.1, -0.05) is 170 Å². The van der Waals surface area contributed by atoms with Crippen LogP contribution < -0.4 is 4.90 Å². The first-order chi connectivity index (χ1) is 29.2. The van der Waals surface area contributed by atoms with Crippen LogP contribution in [-0.4, -0.2) is 0 Å². The Kier molecular flexibility index (Phi) is 6.16. The molecule has 0 radical (unpaired) electrons. The van der Waals surface area contributed by atoms with Crippen LogP contribution in [0.25, 0.3) is 75.1 Å². The van der Waals surface area contributed by atoms with E-state index in [1.807, 2.05) is 115 Å². The summed E-state index contributed by atoms with van der Waals surface area (Å²) in [5.41, 5.74) is 4.90. The topological polar surface area (TPSA) is 3.24 Å². The average Bonchev–Trinajstić information content (AvgIpc) is 3.67. The van der Waals surface area contributed by atoms with Crippen LogP contribution in [0.2, 0.25) is 0 Å². The number of fused-ring (bicyclic) bond motifs is 5. The van der Waals surface area contributed by atoms with Gasteiger partial charge in [-0.25, -0.2) is 0 Å². The molecule has 0 aliphatic carbocycles. The molecule has 0 unspecified atom stereocenters. The van der Waals surface area contributed by atoms with Crippen LogP contribution in [0.3, 0.4) is 0 Å². The van der Waals surface area contributed by atoms with Gasteiger partial charge in [-0.3, -0.25) is 0 Å². The van der Waals surface area contributed by atoms with Crippen molar-refractivity contribution < 1.29 is 9.60 Å². The van der Waals surface area contributed by atoms with E-state index in [0.717, 1.165) is 38.2 Å². The van der Waals surface area contributed by atoms with E-state index in [1.165, 1.54) is 20.2 Å². The summed E-state index contributed by atoms with van der Waals surface area (Å²) in [6, 6.07) is 50.1. The van der Waals surface area contributed by atoms with E-state index in [0.29, 0.717) is 16.8 Å². The Morgan fingerprint density at radius 3 is 1.70 bits per heavy atom. The average molecular weight is 701 g/mol. The first-order valence-electron chi connectivity index (χ1n) is 21.1. The molecule has 0 amide bonds. The van der Waals surface area contributed by atoms with Crippen molar-refractivity contribution in [3.05, 3.63) is 206 Å². The molecule has 1 nitrogen and oxygen atoms in total. The van der Waals surface area contributed by atoms with Gasteiger partial charge in [0.1, 0.15) is 0 Å². The Hall–Kier alpha value is -6.48. The maximum atomic E-state index is 9.51. The molecule has 0 bridgehead atoms. The van der Waals surface area contributed by atoms with Crippen LogP contribution in [-0.2, 0) is 6.54 Å². The molecule has 53 heavy (non-hydrogen) atoms. The summed E-state index contributed by atoms with van der Waals surface area (Å²) in [6.07, 6.45) is 0. The third-order valence-electron chi connectivity index (χ3n) is 9.97. The van der Waals surface area contributed by atoms with Crippen LogP contribution in [0.5, 0.6) is 0 Å². The molecule has 0 atom stereocenters. The van der Waals surface area contributed by atoms with Crippen molar-refractivity contribution in [3.8, 4) is 33.4 Å². The van der Waals surface area contributed by atoms with Crippen LogP contribution >= 0.6 is 11.3 Å². The van der Waals surface area contributed by atoms with Gasteiger partial charge < -0.3 is 4.90 Å². The molecule has 0 saturated carbocycles. The number of hydrogen-bond acceptors (Lipinski definition) is 2. The van der Waals surface area contributed by atoms with Crippen molar-refractivity contribution in [1.29, 1.82) is 0 Å². The summed E-state index contributed by atoms with van der Waals surface area (Å²) in [5, 5.41) is 6.04. The molecule has 10 rings (SSSR count). The molecule has 0 aliphatic rings. The summed E-state index contributed by atoms with van der Waals surface area (Å²) >= 11 is 1.74. The van der Waals surface area contributed by atoms with E-state index in [4.69, 9.17) is 0 Å². The molecule has 0 aliphatic heterocycles. The predicted molar refractivity (Wildman–Crippen MR) is 229 cm³/mol. The number of thiophene rings is 1. The van der Waals surface area contributed by atoms with Crippen LogP contribution in [0.15, 0.2) is 200 Å². The van der Waals surface area contributed by atoms with Gasteiger partial charge in [0.25, 0.3) is 0 Å². The smallest absolute Gasteiger partial charge is 0.0645 e. The van der Waals surface area contributed by atoms with Crippen molar-refractivity contribution in [2.75, 3.05) is 4.90 Å². The maximum Gasteiger partial charge on any atom is 0.0645 e. The van der Waals surface area contributed by atoms with Crippen LogP contribution in [0.4, 0.5) is 11.4 Å². The fourth-order valence-electron chi connectivity index (χ4n) is 7.34. The Bertz CT molecular complexity index is 3300. The van der Waals surface area contributed by atoms with Gasteiger partial charge in [-0.15, -0.1) is 11.3 Å². The molecule has 1 heterocycles. The number of hydrogen-bond donors (Lipinski definition) is 0. The van der Waals surface area contributed by atoms with E-state index >= 15 is 0 Å². The molecule has 2 heteroatoms. The summed E-state index contributed by atoms with van der Waals surface area (Å²) in [7, 11) is 0. The summed E-state index contributed by atoms with van der Waals surface area (Å²) < 4.78 is 68.0. The Morgan fingerprint density at radius 1 is 0.396 bits per heavy atom. The van der Waals surface area contributed by atoms with E-state index < -0.39 is 0 Å². The van der Waals surface area contributed by atoms with Gasteiger partial charge in [0.15, 0.2) is 0 Å². The lowest BCUT2D eigenvalue weighted by molar-refractivity contribution is 0.976. The minimum atomic E-state index is -0.241. The van der Waals surface area contributed by atoms with Crippen LogP contribution in [0.1, 0.15) is 15.2 Å². The molecule has 10 aromatic rings. The molecule has 9 aromatic carbocycles. The Morgan fingerprint density at radius 2 is 0.962 bits per heavy atom. The minimum Gasteiger partial charge on any atom is -0.337 e. The van der Waals surface area contributed by atoms with E-state index in [9.17, 15) is 9.60 Å². The number of nitrogens with zero attached hydrogens (tertiary/aromatic N) is 1. The van der Waals surface area contributed by atoms with E-state index in [1.54, 1.807) is 22.3 Å². The second-order valence-electron chi connectivity index (χ2n) is 13.1. The van der Waals surface area contributed by atoms with Crippen molar-refractivity contribution >= 4 is 64.4 Å². The largest absolute Gasteiger partial charge is 0.337 e. The first-order valence-corrected chi connectivity index (χ1v) is 18.5. The van der Waals surface area contributed by atoms with E-state index in [-0.39, 0.29) is 65.7 Å². The molecule has 0 N–H and O–H groups in total. The molecule has 1 aromatic heterocycles. The molecule has 250 valence electrons. The minimum absolute atomic E-state index is 0.0248.